The summed E-state index contributed by atoms with van der Waals surface area (Å²) in [5.74, 6) is 0.281. The number of rotatable bonds is 7. The van der Waals surface area contributed by atoms with Gasteiger partial charge in [0, 0.05) is 6.42 Å². The third-order valence-corrected chi connectivity index (χ3v) is 6.29. The van der Waals surface area contributed by atoms with Crippen LogP contribution in [0.3, 0.4) is 0 Å². The number of nitrogens with two attached hydrogens (primary N) is 1. The fraction of sp³-hybridized carbons (Fsp3) is 0.688. The molecule has 4 atom stereocenters. The predicted molar refractivity (Wildman–Crippen MR) is 99.2 cm³/mol. The molecule has 0 bridgehead atoms. The lowest BCUT2D eigenvalue weighted by molar-refractivity contribution is -0.0705. The minimum Gasteiger partial charge on any atom is -0.382 e. The highest BCUT2D eigenvalue weighted by molar-refractivity contribution is 7.53. The zero-order chi connectivity index (χ0) is 19.8. The highest BCUT2D eigenvalue weighted by Gasteiger charge is 2.42. The van der Waals surface area contributed by atoms with Gasteiger partial charge < -0.3 is 24.6 Å². The lowest BCUT2D eigenvalue weighted by Crippen LogP contribution is -2.30. The minimum atomic E-state index is -3.76. The van der Waals surface area contributed by atoms with Crippen molar-refractivity contribution in [1.82, 2.24) is 19.5 Å². The number of hydrogen-bond donors (Lipinski definition) is 2. The zero-order valence-electron chi connectivity index (χ0n) is 15.8. The first-order valence-corrected chi connectivity index (χ1v) is 10.5. The number of aromatic nitrogens is 4. The molecule has 150 valence electrons. The third-order valence-electron chi connectivity index (χ3n) is 4.41. The summed E-state index contributed by atoms with van der Waals surface area (Å²) in [5.41, 5.74) is 6.35. The SMILES string of the molecule is CC(C)OC[C@H]1O[C@@H](n2cnc3c(N)ncnc32)C[C@H]1OP(=O)(O)C(C)C. The first-order valence-electron chi connectivity index (χ1n) is 8.90. The molecule has 0 saturated carbocycles. The predicted octanol–water partition coefficient (Wildman–Crippen LogP) is 2.10. The molecule has 0 radical (unpaired) electrons. The quantitative estimate of drug-likeness (QED) is 0.671. The van der Waals surface area contributed by atoms with Gasteiger partial charge in [-0.15, -0.1) is 0 Å². The van der Waals surface area contributed by atoms with Crippen LogP contribution in [0.4, 0.5) is 5.82 Å². The molecule has 3 heterocycles. The molecule has 1 aliphatic heterocycles. The van der Waals surface area contributed by atoms with Gasteiger partial charge in [0.25, 0.3) is 0 Å². The normalized spacial score (nSPS) is 25.5. The van der Waals surface area contributed by atoms with E-state index in [-0.39, 0.29) is 18.5 Å². The number of fused-ring (bicyclic) bond motifs is 1. The van der Waals surface area contributed by atoms with Crippen LogP contribution in [0.25, 0.3) is 11.2 Å². The van der Waals surface area contributed by atoms with Crippen molar-refractivity contribution < 1.29 is 23.5 Å². The highest BCUT2D eigenvalue weighted by Crippen LogP contribution is 2.51. The van der Waals surface area contributed by atoms with Crippen LogP contribution >= 0.6 is 7.60 Å². The van der Waals surface area contributed by atoms with Gasteiger partial charge in [-0.3, -0.25) is 9.13 Å². The van der Waals surface area contributed by atoms with E-state index in [9.17, 15) is 9.46 Å². The number of ether oxygens (including phenoxy) is 2. The minimum absolute atomic E-state index is 0.000874. The van der Waals surface area contributed by atoms with Crippen molar-refractivity contribution in [1.29, 1.82) is 0 Å². The average Bonchev–Trinajstić information content (AvgIpc) is 3.17. The summed E-state index contributed by atoms with van der Waals surface area (Å²) in [4.78, 5) is 22.6. The van der Waals surface area contributed by atoms with Gasteiger partial charge >= 0.3 is 7.60 Å². The Kier molecular flexibility index (Phi) is 5.83. The van der Waals surface area contributed by atoms with E-state index in [0.717, 1.165) is 0 Å². The molecule has 0 amide bonds. The number of nitrogens with zero attached hydrogens (tertiary/aromatic N) is 4. The van der Waals surface area contributed by atoms with E-state index in [2.05, 4.69) is 15.0 Å². The van der Waals surface area contributed by atoms with Gasteiger partial charge in [0.1, 0.15) is 24.2 Å². The van der Waals surface area contributed by atoms with Crippen molar-refractivity contribution in [3.05, 3.63) is 12.7 Å². The summed E-state index contributed by atoms with van der Waals surface area (Å²) in [5, 5.41) is 0. The van der Waals surface area contributed by atoms with Crippen LogP contribution in [0.1, 0.15) is 40.3 Å². The van der Waals surface area contributed by atoms with E-state index in [1.165, 1.54) is 6.33 Å². The molecule has 1 fully saturated rings. The second-order valence-corrected chi connectivity index (χ2v) is 9.50. The first kappa shape index (κ1) is 20.2. The summed E-state index contributed by atoms with van der Waals surface area (Å²) < 4.78 is 31.4. The molecular weight excluding hydrogens is 373 g/mol. The Labute approximate surface area is 157 Å². The largest absolute Gasteiger partial charge is 0.382 e. The topological polar surface area (TPSA) is 135 Å². The van der Waals surface area contributed by atoms with Crippen molar-refractivity contribution in [2.45, 2.75) is 64.3 Å². The number of anilines is 1. The maximum atomic E-state index is 12.4. The van der Waals surface area contributed by atoms with Gasteiger partial charge in [-0.25, -0.2) is 15.0 Å². The maximum absolute atomic E-state index is 12.4. The standard InChI is InChI=1S/C16H26N5O5P/c1-9(2)24-6-12-11(26-27(22,23)10(3)4)5-13(25-12)21-8-20-14-15(17)18-7-19-16(14)21/h7-13H,5-6H2,1-4H3,(H,22,23)(H2,17,18,19)/t11-,12-,13-/m1/s1. The molecule has 2 aromatic rings. The fourth-order valence-corrected chi connectivity index (χ4v) is 3.67. The molecule has 1 aliphatic rings. The molecule has 2 aromatic heterocycles. The van der Waals surface area contributed by atoms with Crippen molar-refractivity contribution in [3.63, 3.8) is 0 Å². The summed E-state index contributed by atoms with van der Waals surface area (Å²) in [7, 11) is -3.76. The Hall–Kier alpha value is -1.58. The molecule has 0 spiro atoms. The van der Waals surface area contributed by atoms with Crippen molar-refractivity contribution >= 4 is 24.6 Å². The average molecular weight is 399 g/mol. The fourth-order valence-electron chi connectivity index (χ4n) is 2.82. The van der Waals surface area contributed by atoms with Gasteiger partial charge in [-0.05, 0) is 13.8 Å². The van der Waals surface area contributed by atoms with Crippen LogP contribution in [0.2, 0.25) is 0 Å². The van der Waals surface area contributed by atoms with Crippen molar-refractivity contribution in [2.24, 2.45) is 0 Å². The maximum Gasteiger partial charge on any atom is 0.330 e. The molecule has 0 aromatic carbocycles. The Bertz CT molecular complexity index is 842. The summed E-state index contributed by atoms with van der Waals surface area (Å²) in [6, 6.07) is 0. The lowest BCUT2D eigenvalue weighted by atomic mass is 10.2. The Balaban J connectivity index is 1.85. The van der Waals surface area contributed by atoms with Gasteiger partial charge in [0.15, 0.2) is 11.5 Å². The van der Waals surface area contributed by atoms with Gasteiger partial charge in [0.05, 0.1) is 30.8 Å². The molecule has 11 heteroatoms. The molecule has 1 saturated heterocycles. The molecule has 0 aliphatic carbocycles. The number of nitrogen functional groups attached to an aromatic ring is 1. The Morgan fingerprint density at radius 3 is 2.78 bits per heavy atom. The molecule has 10 nitrogen and oxygen atoms in total. The summed E-state index contributed by atoms with van der Waals surface area (Å²) in [6.45, 7) is 7.38. The number of hydrogen-bond acceptors (Lipinski definition) is 8. The van der Waals surface area contributed by atoms with Crippen LogP contribution in [0.5, 0.6) is 0 Å². The van der Waals surface area contributed by atoms with Crippen LogP contribution in [-0.2, 0) is 18.6 Å². The van der Waals surface area contributed by atoms with Crippen molar-refractivity contribution in [3.8, 4) is 0 Å². The van der Waals surface area contributed by atoms with E-state index in [4.69, 9.17) is 19.7 Å². The van der Waals surface area contributed by atoms with Crippen molar-refractivity contribution in [2.75, 3.05) is 12.3 Å². The molecule has 1 unspecified atom stereocenters. The van der Waals surface area contributed by atoms with Crippen LogP contribution in [-0.4, -0.2) is 55.0 Å². The molecule has 3 N–H and O–H groups in total. The molecular formula is C16H26N5O5P. The number of imidazole rings is 1. The Morgan fingerprint density at radius 1 is 1.37 bits per heavy atom. The van der Waals surface area contributed by atoms with E-state index in [1.54, 1.807) is 24.7 Å². The lowest BCUT2D eigenvalue weighted by Gasteiger charge is -2.24. The molecule has 27 heavy (non-hydrogen) atoms. The van der Waals surface area contributed by atoms with E-state index in [1.807, 2.05) is 13.8 Å². The van der Waals surface area contributed by atoms with E-state index in [0.29, 0.717) is 17.6 Å². The smallest absolute Gasteiger partial charge is 0.330 e. The second kappa shape index (κ2) is 7.81. The highest BCUT2D eigenvalue weighted by atomic mass is 31.2. The van der Waals surface area contributed by atoms with Gasteiger partial charge in [-0.1, -0.05) is 13.8 Å². The van der Waals surface area contributed by atoms with Crippen LogP contribution in [0.15, 0.2) is 12.7 Å². The first-order chi connectivity index (χ1) is 12.7. The zero-order valence-corrected chi connectivity index (χ0v) is 16.7. The second-order valence-electron chi connectivity index (χ2n) is 7.13. The summed E-state index contributed by atoms with van der Waals surface area (Å²) in [6.07, 6.45) is 1.74. The molecule has 3 rings (SSSR count). The van der Waals surface area contributed by atoms with Gasteiger partial charge in [-0.2, -0.15) is 0 Å². The van der Waals surface area contributed by atoms with E-state index >= 15 is 0 Å². The van der Waals surface area contributed by atoms with Gasteiger partial charge in [0.2, 0.25) is 0 Å². The van der Waals surface area contributed by atoms with Crippen LogP contribution < -0.4 is 5.73 Å². The monoisotopic (exact) mass is 399 g/mol. The Morgan fingerprint density at radius 2 is 2.11 bits per heavy atom. The van der Waals surface area contributed by atoms with Crippen LogP contribution in [0, 0.1) is 0 Å². The summed E-state index contributed by atoms with van der Waals surface area (Å²) >= 11 is 0. The van der Waals surface area contributed by atoms with E-state index < -0.39 is 31.7 Å². The third kappa shape index (κ3) is 4.30.